The van der Waals surface area contributed by atoms with Crippen molar-refractivity contribution in [2.75, 3.05) is 5.43 Å². The van der Waals surface area contributed by atoms with Gasteiger partial charge in [-0.2, -0.15) is 14.7 Å². The molecule has 0 atom stereocenters. The summed E-state index contributed by atoms with van der Waals surface area (Å²) in [5.41, 5.74) is 3.67. The summed E-state index contributed by atoms with van der Waals surface area (Å²) in [5.74, 6) is 0. The standard InChI is InChI=1S/C11H5Cl3N4S/c12-7-2-1-6(9(13)3-7)5-16-17-11-8(4-15)10(14)18-19-11/h1-3,5,17H/b16-5-. The number of nitriles is 1. The SMILES string of the molecule is N#Cc1c(Cl)nsc1N/N=C\c1ccc(Cl)cc1Cl. The second kappa shape index (κ2) is 6.22. The normalized spacial score (nSPS) is 10.6. The molecule has 1 aromatic heterocycles. The van der Waals surface area contributed by atoms with E-state index in [9.17, 15) is 0 Å². The molecule has 1 aromatic carbocycles. The quantitative estimate of drug-likeness (QED) is 0.669. The Labute approximate surface area is 128 Å². The number of halogens is 3. The van der Waals surface area contributed by atoms with E-state index in [4.69, 9.17) is 40.1 Å². The lowest BCUT2D eigenvalue weighted by Gasteiger charge is -1.99. The van der Waals surface area contributed by atoms with Crippen LogP contribution in [-0.2, 0) is 0 Å². The lowest BCUT2D eigenvalue weighted by Crippen LogP contribution is -1.91. The van der Waals surface area contributed by atoms with Gasteiger partial charge in [-0.1, -0.05) is 40.9 Å². The maximum atomic E-state index is 8.88. The minimum Gasteiger partial charge on any atom is -0.266 e. The van der Waals surface area contributed by atoms with Crippen molar-refractivity contribution in [2.24, 2.45) is 5.10 Å². The molecule has 0 amide bonds. The van der Waals surface area contributed by atoms with E-state index in [2.05, 4.69) is 14.9 Å². The summed E-state index contributed by atoms with van der Waals surface area (Å²) in [7, 11) is 0. The number of anilines is 1. The summed E-state index contributed by atoms with van der Waals surface area (Å²) in [4.78, 5) is 0. The summed E-state index contributed by atoms with van der Waals surface area (Å²) in [6.45, 7) is 0. The summed E-state index contributed by atoms with van der Waals surface area (Å²) in [5, 5.41) is 14.5. The second-order valence-corrected chi connectivity index (χ2v) is 5.30. The number of benzene rings is 1. The predicted molar refractivity (Wildman–Crippen MR) is 79.5 cm³/mol. The molecule has 96 valence electrons. The first kappa shape index (κ1) is 14.1. The molecule has 0 aliphatic heterocycles. The van der Waals surface area contributed by atoms with Gasteiger partial charge in [-0.25, -0.2) is 0 Å². The van der Waals surface area contributed by atoms with Crippen LogP contribution in [0.2, 0.25) is 15.2 Å². The number of hydrazone groups is 1. The first-order valence-corrected chi connectivity index (χ1v) is 6.82. The smallest absolute Gasteiger partial charge is 0.162 e. The van der Waals surface area contributed by atoms with Crippen molar-refractivity contribution in [3.63, 3.8) is 0 Å². The van der Waals surface area contributed by atoms with Crippen molar-refractivity contribution in [3.05, 3.63) is 44.5 Å². The Morgan fingerprint density at radius 3 is 2.84 bits per heavy atom. The Kier molecular flexibility index (Phi) is 4.61. The molecule has 0 aliphatic rings. The van der Waals surface area contributed by atoms with E-state index < -0.39 is 0 Å². The zero-order chi connectivity index (χ0) is 13.8. The minimum atomic E-state index is 0.162. The van der Waals surface area contributed by atoms with Crippen molar-refractivity contribution in [1.29, 1.82) is 5.26 Å². The average molecular weight is 332 g/mol. The number of aromatic nitrogens is 1. The molecule has 0 fully saturated rings. The summed E-state index contributed by atoms with van der Waals surface area (Å²) in [6.07, 6.45) is 1.52. The molecular weight excluding hydrogens is 327 g/mol. The topological polar surface area (TPSA) is 61.1 Å². The molecule has 0 aliphatic carbocycles. The second-order valence-electron chi connectivity index (χ2n) is 3.33. The number of rotatable bonds is 3. The van der Waals surface area contributed by atoms with Crippen molar-refractivity contribution in [1.82, 2.24) is 4.37 Å². The number of nitrogens with zero attached hydrogens (tertiary/aromatic N) is 3. The monoisotopic (exact) mass is 330 g/mol. The van der Waals surface area contributed by atoms with Crippen LogP contribution in [-0.4, -0.2) is 10.6 Å². The lowest BCUT2D eigenvalue weighted by molar-refractivity contribution is 1.37. The van der Waals surface area contributed by atoms with Crippen molar-refractivity contribution in [3.8, 4) is 6.07 Å². The Morgan fingerprint density at radius 2 is 2.16 bits per heavy atom. The molecule has 2 rings (SSSR count). The van der Waals surface area contributed by atoms with Gasteiger partial charge < -0.3 is 0 Å². The van der Waals surface area contributed by atoms with Crippen LogP contribution in [0.1, 0.15) is 11.1 Å². The highest BCUT2D eigenvalue weighted by molar-refractivity contribution is 7.10. The molecule has 0 bridgehead atoms. The molecule has 19 heavy (non-hydrogen) atoms. The minimum absolute atomic E-state index is 0.162. The molecule has 1 N–H and O–H groups in total. The fraction of sp³-hybridized carbons (Fsp3) is 0. The van der Waals surface area contributed by atoms with E-state index in [1.54, 1.807) is 18.2 Å². The summed E-state index contributed by atoms with van der Waals surface area (Å²) < 4.78 is 3.85. The van der Waals surface area contributed by atoms with E-state index in [-0.39, 0.29) is 10.7 Å². The Bertz CT molecular complexity index is 675. The first-order chi connectivity index (χ1) is 9.11. The Morgan fingerprint density at radius 1 is 1.37 bits per heavy atom. The zero-order valence-corrected chi connectivity index (χ0v) is 12.3. The summed E-state index contributed by atoms with van der Waals surface area (Å²) >= 11 is 18.6. The molecule has 0 spiro atoms. The first-order valence-electron chi connectivity index (χ1n) is 4.91. The molecule has 0 saturated heterocycles. The van der Waals surface area contributed by atoms with Gasteiger partial charge in [0.1, 0.15) is 16.6 Å². The molecule has 0 saturated carbocycles. The predicted octanol–water partition coefficient (Wildman–Crippen LogP) is 4.42. The summed E-state index contributed by atoms with van der Waals surface area (Å²) in [6, 6.07) is 7.01. The van der Waals surface area contributed by atoms with Gasteiger partial charge >= 0.3 is 0 Å². The van der Waals surface area contributed by atoms with Gasteiger partial charge in [-0.05, 0) is 23.7 Å². The van der Waals surface area contributed by atoms with Gasteiger partial charge in [0.2, 0.25) is 0 Å². The van der Waals surface area contributed by atoms with Gasteiger partial charge in [-0.3, -0.25) is 5.43 Å². The molecular formula is C11H5Cl3N4S. The van der Waals surface area contributed by atoms with E-state index in [1.165, 1.54) is 6.21 Å². The van der Waals surface area contributed by atoms with E-state index in [0.29, 0.717) is 20.6 Å². The Hall–Kier alpha value is -1.32. The molecule has 0 unspecified atom stereocenters. The van der Waals surface area contributed by atoms with Crippen LogP contribution in [0.25, 0.3) is 0 Å². The van der Waals surface area contributed by atoms with Gasteiger partial charge in [0, 0.05) is 10.6 Å². The Balaban J connectivity index is 2.14. The van der Waals surface area contributed by atoms with Crippen LogP contribution in [0.15, 0.2) is 23.3 Å². The van der Waals surface area contributed by atoms with Crippen molar-refractivity contribution < 1.29 is 0 Å². The van der Waals surface area contributed by atoms with Crippen LogP contribution in [0, 0.1) is 11.3 Å². The van der Waals surface area contributed by atoms with Crippen LogP contribution in [0.3, 0.4) is 0 Å². The average Bonchev–Trinajstić information content (AvgIpc) is 2.72. The molecule has 0 radical (unpaired) electrons. The molecule has 1 heterocycles. The highest BCUT2D eigenvalue weighted by Gasteiger charge is 2.10. The van der Waals surface area contributed by atoms with Crippen molar-refractivity contribution >= 4 is 57.6 Å². The van der Waals surface area contributed by atoms with Gasteiger partial charge in [0.05, 0.1) is 11.2 Å². The highest BCUT2D eigenvalue weighted by atomic mass is 35.5. The fourth-order valence-electron chi connectivity index (χ4n) is 1.21. The molecule has 4 nitrogen and oxygen atoms in total. The third kappa shape index (κ3) is 3.37. The fourth-order valence-corrected chi connectivity index (χ4v) is 2.55. The van der Waals surface area contributed by atoms with Crippen LogP contribution in [0.5, 0.6) is 0 Å². The van der Waals surface area contributed by atoms with Gasteiger partial charge in [0.25, 0.3) is 0 Å². The largest absolute Gasteiger partial charge is 0.266 e. The van der Waals surface area contributed by atoms with Crippen molar-refractivity contribution in [2.45, 2.75) is 0 Å². The third-order valence-corrected chi connectivity index (χ3v) is 3.78. The highest BCUT2D eigenvalue weighted by Crippen LogP contribution is 2.27. The lowest BCUT2D eigenvalue weighted by atomic mass is 10.2. The number of hydrogen-bond acceptors (Lipinski definition) is 5. The third-order valence-electron chi connectivity index (χ3n) is 2.09. The van der Waals surface area contributed by atoms with Gasteiger partial charge in [-0.15, -0.1) is 0 Å². The van der Waals surface area contributed by atoms with E-state index in [0.717, 1.165) is 11.5 Å². The van der Waals surface area contributed by atoms with Gasteiger partial charge in [0.15, 0.2) is 5.15 Å². The zero-order valence-electron chi connectivity index (χ0n) is 9.19. The maximum Gasteiger partial charge on any atom is 0.162 e. The van der Waals surface area contributed by atoms with E-state index >= 15 is 0 Å². The van der Waals surface area contributed by atoms with Crippen LogP contribution >= 0.6 is 46.3 Å². The van der Waals surface area contributed by atoms with Crippen LogP contribution in [0.4, 0.5) is 5.00 Å². The molecule has 8 heteroatoms. The number of nitrogens with one attached hydrogen (secondary N) is 1. The number of hydrogen-bond donors (Lipinski definition) is 1. The van der Waals surface area contributed by atoms with E-state index in [1.807, 2.05) is 6.07 Å². The van der Waals surface area contributed by atoms with Crippen LogP contribution < -0.4 is 5.43 Å². The molecule has 2 aromatic rings. The maximum absolute atomic E-state index is 8.88.